The van der Waals surface area contributed by atoms with Gasteiger partial charge in [-0.2, -0.15) is 0 Å². The molecule has 0 aliphatic heterocycles. The molecule has 0 bridgehead atoms. The Morgan fingerprint density at radius 3 is 2.91 bits per heavy atom. The number of aliphatic hydroxyl groups is 2. The van der Waals surface area contributed by atoms with Crippen molar-refractivity contribution in [2.45, 2.75) is 37.5 Å². The van der Waals surface area contributed by atoms with Crippen molar-refractivity contribution in [3.05, 3.63) is 54.5 Å². The molecule has 0 spiro atoms. The predicted molar refractivity (Wildman–Crippen MR) is 123 cm³/mol. The molecule has 1 aromatic carbocycles. The summed E-state index contributed by atoms with van der Waals surface area (Å²) in [6.45, 7) is 0. The van der Waals surface area contributed by atoms with Gasteiger partial charge in [-0.25, -0.2) is 15.0 Å². The molecular formula is C24H26N6O2. The number of anilines is 2. The molecule has 8 nitrogen and oxygen atoms in total. The zero-order chi connectivity index (χ0) is 22.1. The number of nitrogens with one attached hydrogen (secondary N) is 1. The average Bonchev–Trinajstić information content (AvgIpc) is 3.24. The molecule has 0 radical (unpaired) electrons. The summed E-state index contributed by atoms with van der Waals surface area (Å²) >= 11 is 0. The Labute approximate surface area is 185 Å². The van der Waals surface area contributed by atoms with E-state index in [1.54, 1.807) is 10.8 Å². The summed E-state index contributed by atoms with van der Waals surface area (Å²) < 4.78 is 1.72. The maximum Gasteiger partial charge on any atom is 0.175 e. The molecule has 2 aliphatic rings. The molecule has 4 aromatic rings. The van der Waals surface area contributed by atoms with Gasteiger partial charge >= 0.3 is 0 Å². The van der Waals surface area contributed by atoms with Crippen molar-refractivity contribution in [3.8, 4) is 0 Å². The van der Waals surface area contributed by atoms with Crippen LogP contribution in [0, 0.1) is 11.3 Å². The third-order valence-corrected chi connectivity index (χ3v) is 7.69. The van der Waals surface area contributed by atoms with Crippen LogP contribution in [0.4, 0.5) is 11.6 Å². The lowest BCUT2D eigenvalue weighted by Gasteiger charge is -2.38. The lowest BCUT2D eigenvalue weighted by molar-refractivity contribution is -0.164. The van der Waals surface area contributed by atoms with Gasteiger partial charge in [0.1, 0.15) is 29.7 Å². The van der Waals surface area contributed by atoms with Crippen LogP contribution in [-0.4, -0.2) is 42.9 Å². The summed E-state index contributed by atoms with van der Waals surface area (Å²) in [6, 6.07) is 12.2. The summed E-state index contributed by atoms with van der Waals surface area (Å²) in [5.74, 6) is 1.49. The summed E-state index contributed by atoms with van der Waals surface area (Å²) in [4.78, 5) is 13.1. The Kier molecular flexibility index (Phi) is 4.03. The predicted octanol–water partition coefficient (Wildman–Crippen LogP) is 2.65. The number of hydrogen-bond acceptors (Lipinski definition) is 7. The van der Waals surface area contributed by atoms with E-state index in [2.05, 4.69) is 44.5 Å². The number of aliphatic hydroxyl groups excluding tert-OH is 1. The first kappa shape index (κ1) is 19.5. The van der Waals surface area contributed by atoms with Gasteiger partial charge in [0.2, 0.25) is 0 Å². The van der Waals surface area contributed by atoms with Crippen LogP contribution in [0.1, 0.15) is 24.8 Å². The molecule has 2 fully saturated rings. The monoisotopic (exact) mass is 430 g/mol. The lowest BCUT2D eigenvalue weighted by atomic mass is 9.85. The van der Waals surface area contributed by atoms with Gasteiger partial charge < -0.3 is 25.8 Å². The third kappa shape index (κ3) is 2.53. The largest absolute Gasteiger partial charge is 0.388 e. The van der Waals surface area contributed by atoms with Crippen LogP contribution in [0.5, 0.6) is 0 Å². The van der Waals surface area contributed by atoms with Crippen LogP contribution < -0.4 is 11.1 Å². The maximum atomic E-state index is 12.0. The number of hydrogen-bond donors (Lipinski definition) is 4. The zero-order valence-corrected chi connectivity index (χ0v) is 17.9. The molecule has 6 rings (SSSR count). The summed E-state index contributed by atoms with van der Waals surface area (Å²) in [5, 5.41) is 27.8. The quantitative estimate of drug-likeness (QED) is 0.384. The zero-order valence-electron chi connectivity index (χ0n) is 17.9. The molecule has 164 valence electrons. The fraction of sp³-hybridized carbons (Fsp3) is 0.375. The number of pyridine rings is 1. The van der Waals surface area contributed by atoms with Gasteiger partial charge in [-0.05, 0) is 61.4 Å². The van der Waals surface area contributed by atoms with Crippen molar-refractivity contribution in [1.29, 1.82) is 0 Å². The number of benzene rings is 1. The van der Waals surface area contributed by atoms with E-state index in [1.807, 2.05) is 19.2 Å². The Hall–Kier alpha value is -3.23. The highest BCUT2D eigenvalue weighted by molar-refractivity contribution is 5.86. The number of nitrogens with two attached hydrogens (primary N) is 1. The van der Waals surface area contributed by atoms with Gasteiger partial charge in [-0.15, -0.1) is 0 Å². The molecule has 0 amide bonds. The average molecular weight is 431 g/mol. The van der Waals surface area contributed by atoms with Crippen molar-refractivity contribution >= 4 is 33.6 Å². The number of fused-ring (bicyclic) bond motifs is 3. The van der Waals surface area contributed by atoms with Crippen molar-refractivity contribution in [3.63, 3.8) is 0 Å². The minimum atomic E-state index is -1.42. The first-order valence-corrected chi connectivity index (χ1v) is 11.0. The highest BCUT2D eigenvalue weighted by Crippen LogP contribution is 2.72. The minimum absolute atomic E-state index is 0.286. The highest BCUT2D eigenvalue weighted by Gasteiger charge is 2.74. The van der Waals surface area contributed by atoms with Crippen molar-refractivity contribution in [1.82, 2.24) is 19.5 Å². The molecule has 3 heterocycles. The van der Waals surface area contributed by atoms with E-state index in [9.17, 15) is 10.2 Å². The van der Waals surface area contributed by atoms with E-state index in [-0.39, 0.29) is 5.92 Å². The maximum absolute atomic E-state index is 12.0. The van der Waals surface area contributed by atoms with E-state index in [0.29, 0.717) is 23.3 Å². The molecule has 32 heavy (non-hydrogen) atoms. The Morgan fingerprint density at radius 1 is 1.22 bits per heavy atom. The number of aromatic nitrogens is 4. The molecule has 5 N–H and O–H groups in total. The Balaban J connectivity index is 1.34. The summed E-state index contributed by atoms with van der Waals surface area (Å²) in [7, 11) is 1.86. The number of aryl methyl sites for hydroxylation is 1. The number of nitrogen functional groups attached to an aromatic ring is 1. The third-order valence-electron chi connectivity index (χ3n) is 7.69. The minimum Gasteiger partial charge on any atom is -0.388 e. The molecule has 0 saturated heterocycles. The molecule has 2 aliphatic carbocycles. The normalized spacial score (nSPS) is 28.8. The van der Waals surface area contributed by atoms with Crippen LogP contribution >= 0.6 is 0 Å². The fourth-order valence-corrected chi connectivity index (χ4v) is 5.87. The van der Waals surface area contributed by atoms with Gasteiger partial charge in [0, 0.05) is 24.0 Å². The van der Waals surface area contributed by atoms with E-state index < -0.39 is 17.2 Å². The first-order valence-electron chi connectivity index (χ1n) is 11.0. The second-order valence-corrected chi connectivity index (χ2v) is 9.19. The van der Waals surface area contributed by atoms with Crippen LogP contribution in [-0.2, 0) is 12.1 Å². The molecule has 2 saturated carbocycles. The van der Waals surface area contributed by atoms with Crippen LogP contribution in [0.3, 0.4) is 0 Å². The smallest absolute Gasteiger partial charge is 0.175 e. The second kappa shape index (κ2) is 6.63. The van der Waals surface area contributed by atoms with Crippen molar-refractivity contribution in [2.24, 2.45) is 11.3 Å². The number of nitrogens with zero attached hydrogens (tertiary/aromatic N) is 4. The standard InChI is InChI=1S/C24H26N6O2/c1-26-20-5-4-15-3-2-14(10-18(15)29-20)6-8-23-12-16(23)11-19(31)24(23,32)30-9-7-17-21(25)27-13-28-22(17)30/h2-5,7,9-10,13,16,19,31-32H,6,8,11-12H2,1H3,(H,26,29)(H2,25,27,28). The number of rotatable bonds is 5. The van der Waals surface area contributed by atoms with Gasteiger partial charge in [0.25, 0.3) is 0 Å². The molecule has 4 atom stereocenters. The molecular weight excluding hydrogens is 404 g/mol. The molecule has 3 aromatic heterocycles. The van der Waals surface area contributed by atoms with Gasteiger partial charge in [-0.1, -0.05) is 12.1 Å². The molecule has 4 unspecified atom stereocenters. The van der Waals surface area contributed by atoms with Crippen LogP contribution in [0.2, 0.25) is 0 Å². The fourth-order valence-electron chi connectivity index (χ4n) is 5.87. The van der Waals surface area contributed by atoms with Crippen molar-refractivity contribution < 1.29 is 10.2 Å². The van der Waals surface area contributed by atoms with Crippen LogP contribution in [0.25, 0.3) is 21.9 Å². The van der Waals surface area contributed by atoms with E-state index in [0.717, 1.165) is 36.0 Å². The van der Waals surface area contributed by atoms with Gasteiger partial charge in [0.15, 0.2) is 5.72 Å². The summed E-state index contributed by atoms with van der Waals surface area (Å²) in [5.41, 5.74) is 6.87. The van der Waals surface area contributed by atoms with E-state index in [1.165, 1.54) is 11.9 Å². The topological polar surface area (TPSA) is 122 Å². The van der Waals surface area contributed by atoms with Crippen LogP contribution in [0.15, 0.2) is 48.9 Å². The summed E-state index contributed by atoms with van der Waals surface area (Å²) in [6.07, 6.45) is 5.35. The van der Waals surface area contributed by atoms with E-state index >= 15 is 0 Å². The Bertz CT molecular complexity index is 1350. The highest BCUT2D eigenvalue weighted by atomic mass is 16.4. The van der Waals surface area contributed by atoms with E-state index in [4.69, 9.17) is 5.73 Å². The van der Waals surface area contributed by atoms with Gasteiger partial charge in [-0.3, -0.25) is 0 Å². The van der Waals surface area contributed by atoms with Gasteiger partial charge in [0.05, 0.1) is 10.9 Å². The lowest BCUT2D eigenvalue weighted by Crippen LogP contribution is -2.49. The SMILES string of the molecule is CNc1ccc2ccc(CCC34CC3CC(O)C4(O)n3ccc4c(N)ncnc43)cc2n1. The second-order valence-electron chi connectivity index (χ2n) is 9.19. The molecule has 8 heteroatoms. The van der Waals surface area contributed by atoms with Crippen molar-refractivity contribution in [2.75, 3.05) is 18.1 Å². The first-order chi connectivity index (χ1) is 15.5. The Morgan fingerprint density at radius 2 is 2.06 bits per heavy atom.